The Labute approximate surface area is 96.0 Å². The van der Waals surface area contributed by atoms with E-state index in [1.54, 1.807) is 13.0 Å². The van der Waals surface area contributed by atoms with Gasteiger partial charge in [-0.15, -0.1) is 0 Å². The van der Waals surface area contributed by atoms with Crippen LogP contribution in [0.2, 0.25) is 0 Å². The molecule has 0 saturated carbocycles. The Kier molecular flexibility index (Phi) is 5.78. The second-order valence-corrected chi connectivity index (χ2v) is 3.58. The van der Waals surface area contributed by atoms with Gasteiger partial charge in [0.15, 0.2) is 0 Å². The zero-order valence-corrected chi connectivity index (χ0v) is 9.41. The molecule has 0 aliphatic carbocycles. The van der Waals surface area contributed by atoms with Gasteiger partial charge >= 0.3 is 0 Å². The van der Waals surface area contributed by atoms with Gasteiger partial charge < -0.3 is 14.9 Å². The molecule has 0 unspecified atom stereocenters. The van der Waals surface area contributed by atoms with Crippen LogP contribution < -0.4 is 0 Å². The summed E-state index contributed by atoms with van der Waals surface area (Å²) < 4.78 is 5.31. The Morgan fingerprint density at radius 2 is 1.94 bits per heavy atom. The van der Waals surface area contributed by atoms with Crippen molar-refractivity contribution in [2.45, 2.75) is 25.7 Å². The minimum Gasteiger partial charge on any atom is -0.388 e. The van der Waals surface area contributed by atoms with E-state index in [2.05, 4.69) is 0 Å². The summed E-state index contributed by atoms with van der Waals surface area (Å²) in [6.07, 6.45) is 1.50. The van der Waals surface area contributed by atoms with Gasteiger partial charge in [0.05, 0.1) is 13.2 Å². The van der Waals surface area contributed by atoms with Gasteiger partial charge in [-0.1, -0.05) is 42.5 Å². The topological polar surface area (TPSA) is 49.7 Å². The summed E-state index contributed by atoms with van der Waals surface area (Å²) in [5.41, 5.74) is 1.05. The molecule has 88 valence electrons. The van der Waals surface area contributed by atoms with Crippen molar-refractivity contribution >= 4 is 0 Å². The number of benzene rings is 1. The van der Waals surface area contributed by atoms with E-state index in [0.29, 0.717) is 6.61 Å². The van der Waals surface area contributed by atoms with Crippen LogP contribution in [0.15, 0.2) is 42.5 Å². The van der Waals surface area contributed by atoms with Gasteiger partial charge in [-0.3, -0.25) is 0 Å². The number of aliphatic hydroxyl groups excluding tert-OH is 2. The number of rotatable bonds is 6. The molecule has 3 heteroatoms. The first-order chi connectivity index (χ1) is 7.74. The largest absolute Gasteiger partial charge is 0.388 e. The van der Waals surface area contributed by atoms with Gasteiger partial charge in [-0.25, -0.2) is 0 Å². The van der Waals surface area contributed by atoms with Crippen molar-refractivity contribution in [1.29, 1.82) is 0 Å². The molecule has 2 N–H and O–H groups in total. The van der Waals surface area contributed by atoms with Crippen molar-refractivity contribution in [2.75, 3.05) is 6.61 Å². The zero-order chi connectivity index (χ0) is 11.8. The molecule has 0 aliphatic rings. The van der Waals surface area contributed by atoms with E-state index < -0.39 is 12.2 Å². The van der Waals surface area contributed by atoms with E-state index in [1.807, 2.05) is 30.3 Å². The average molecular weight is 222 g/mol. The van der Waals surface area contributed by atoms with Gasteiger partial charge in [-0.05, 0) is 12.5 Å². The summed E-state index contributed by atoms with van der Waals surface area (Å²) in [4.78, 5) is 0. The fourth-order valence-electron chi connectivity index (χ4n) is 1.30. The summed E-state index contributed by atoms with van der Waals surface area (Å²) >= 11 is 0. The number of hydrogen-bond donors (Lipinski definition) is 2. The van der Waals surface area contributed by atoms with E-state index in [4.69, 9.17) is 4.74 Å². The molecular formula is C13H18O3. The monoisotopic (exact) mass is 222 g/mol. The van der Waals surface area contributed by atoms with Crippen LogP contribution in [0.3, 0.4) is 0 Å². The Bertz CT molecular complexity index is 308. The lowest BCUT2D eigenvalue weighted by atomic mass is 10.2. The van der Waals surface area contributed by atoms with E-state index in [-0.39, 0.29) is 6.61 Å². The molecular weight excluding hydrogens is 204 g/mol. The molecule has 3 nitrogen and oxygen atoms in total. The smallest absolute Gasteiger partial charge is 0.107 e. The molecule has 0 spiro atoms. The molecule has 2 atom stereocenters. The van der Waals surface area contributed by atoms with E-state index in [0.717, 1.165) is 5.56 Å². The Balaban J connectivity index is 2.25. The fourth-order valence-corrected chi connectivity index (χ4v) is 1.30. The fraction of sp³-hybridized carbons (Fsp3) is 0.385. The van der Waals surface area contributed by atoms with Crippen LogP contribution in [0.1, 0.15) is 12.5 Å². The predicted octanol–water partition coefficient (Wildman–Crippen LogP) is 1.50. The van der Waals surface area contributed by atoms with E-state index in [1.165, 1.54) is 6.08 Å². The minimum absolute atomic E-state index is 0.125. The summed E-state index contributed by atoms with van der Waals surface area (Å²) in [6.45, 7) is 2.36. The summed E-state index contributed by atoms with van der Waals surface area (Å²) in [7, 11) is 0. The molecule has 1 aromatic carbocycles. The first-order valence-electron chi connectivity index (χ1n) is 5.34. The maximum absolute atomic E-state index is 9.50. The number of hydrogen-bond acceptors (Lipinski definition) is 3. The molecule has 0 heterocycles. The molecule has 1 rings (SSSR count). The second-order valence-electron chi connectivity index (χ2n) is 3.58. The standard InChI is InChI=1S/C13H18O3/c1-2-6-12(14)13(15)10-16-9-11-7-4-3-5-8-11/h2-8,12-15H,9-10H2,1H3/b6-2+/t12-,13-/m0/s1. The zero-order valence-electron chi connectivity index (χ0n) is 9.41. The summed E-state index contributed by atoms with van der Waals surface area (Å²) in [5.74, 6) is 0. The molecule has 0 saturated heterocycles. The van der Waals surface area contributed by atoms with E-state index in [9.17, 15) is 10.2 Å². The number of aliphatic hydroxyl groups is 2. The Morgan fingerprint density at radius 3 is 2.56 bits per heavy atom. The maximum Gasteiger partial charge on any atom is 0.107 e. The third kappa shape index (κ3) is 4.57. The van der Waals surface area contributed by atoms with Gasteiger partial charge in [0.1, 0.15) is 12.2 Å². The highest BCUT2D eigenvalue weighted by Crippen LogP contribution is 2.02. The third-order valence-corrected chi connectivity index (χ3v) is 2.18. The van der Waals surface area contributed by atoms with Gasteiger partial charge in [0.2, 0.25) is 0 Å². The normalized spacial score (nSPS) is 15.2. The molecule has 0 fully saturated rings. The molecule has 0 bridgehead atoms. The minimum atomic E-state index is -0.875. The lowest BCUT2D eigenvalue weighted by Gasteiger charge is -2.14. The summed E-state index contributed by atoms with van der Waals surface area (Å²) in [6, 6.07) is 9.71. The van der Waals surface area contributed by atoms with Crippen molar-refractivity contribution in [3.05, 3.63) is 48.0 Å². The van der Waals surface area contributed by atoms with Gasteiger partial charge in [0.25, 0.3) is 0 Å². The van der Waals surface area contributed by atoms with Crippen LogP contribution in [0.5, 0.6) is 0 Å². The lowest BCUT2D eigenvalue weighted by Crippen LogP contribution is -2.28. The van der Waals surface area contributed by atoms with Crippen LogP contribution in [-0.2, 0) is 11.3 Å². The molecule has 1 aromatic rings. The van der Waals surface area contributed by atoms with Crippen LogP contribution in [0.4, 0.5) is 0 Å². The maximum atomic E-state index is 9.50. The van der Waals surface area contributed by atoms with E-state index >= 15 is 0 Å². The molecule has 0 radical (unpaired) electrons. The van der Waals surface area contributed by atoms with Crippen LogP contribution >= 0.6 is 0 Å². The van der Waals surface area contributed by atoms with Crippen LogP contribution in [0.25, 0.3) is 0 Å². The molecule has 16 heavy (non-hydrogen) atoms. The lowest BCUT2D eigenvalue weighted by molar-refractivity contribution is -0.0248. The van der Waals surface area contributed by atoms with Gasteiger partial charge in [0, 0.05) is 0 Å². The van der Waals surface area contributed by atoms with Crippen LogP contribution in [-0.4, -0.2) is 29.0 Å². The molecule has 0 aromatic heterocycles. The number of ether oxygens (including phenoxy) is 1. The van der Waals surface area contributed by atoms with Crippen molar-refractivity contribution in [3.8, 4) is 0 Å². The predicted molar refractivity (Wildman–Crippen MR) is 62.9 cm³/mol. The quantitative estimate of drug-likeness (QED) is 0.717. The second kappa shape index (κ2) is 7.17. The van der Waals surface area contributed by atoms with Gasteiger partial charge in [-0.2, -0.15) is 0 Å². The first-order valence-corrected chi connectivity index (χ1v) is 5.34. The average Bonchev–Trinajstić information content (AvgIpc) is 2.30. The molecule has 0 amide bonds. The first kappa shape index (κ1) is 12.9. The Hall–Kier alpha value is -1.16. The SMILES string of the molecule is C/C=C/[C@H](O)[C@@H](O)COCc1ccccc1. The highest BCUT2D eigenvalue weighted by Gasteiger charge is 2.12. The summed E-state index contributed by atoms with van der Waals surface area (Å²) in [5, 5.41) is 18.9. The Morgan fingerprint density at radius 1 is 1.25 bits per heavy atom. The van der Waals surface area contributed by atoms with Crippen molar-refractivity contribution in [3.63, 3.8) is 0 Å². The van der Waals surface area contributed by atoms with Crippen LogP contribution in [0, 0.1) is 0 Å². The van der Waals surface area contributed by atoms with Crippen molar-refractivity contribution < 1.29 is 14.9 Å². The highest BCUT2D eigenvalue weighted by atomic mass is 16.5. The van der Waals surface area contributed by atoms with Crippen molar-refractivity contribution in [2.24, 2.45) is 0 Å². The number of allylic oxidation sites excluding steroid dienone is 1. The molecule has 0 aliphatic heterocycles. The third-order valence-electron chi connectivity index (χ3n) is 2.18. The highest BCUT2D eigenvalue weighted by molar-refractivity contribution is 5.13. The van der Waals surface area contributed by atoms with Crippen molar-refractivity contribution in [1.82, 2.24) is 0 Å².